The smallest absolute Gasteiger partial charge is 0.213 e. The Morgan fingerprint density at radius 3 is 2.89 bits per heavy atom. The van der Waals surface area contributed by atoms with Crippen molar-refractivity contribution in [2.24, 2.45) is 5.92 Å². The van der Waals surface area contributed by atoms with Gasteiger partial charge in [0.25, 0.3) is 0 Å². The third kappa shape index (κ3) is 5.52. The van der Waals surface area contributed by atoms with Gasteiger partial charge >= 0.3 is 0 Å². The summed E-state index contributed by atoms with van der Waals surface area (Å²) in [6.07, 6.45) is 3.88. The van der Waals surface area contributed by atoms with E-state index in [0.29, 0.717) is 30.0 Å². The number of ether oxygens (including phenoxy) is 1. The molecule has 1 aromatic rings. The number of halogens is 1. The van der Waals surface area contributed by atoms with E-state index in [-0.39, 0.29) is 0 Å². The molecule has 1 heterocycles. The molecule has 0 fully saturated rings. The SMILES string of the molecule is C/C=C/COc1ccc(Cl)c(CNCC(C)C)n1. The van der Waals surface area contributed by atoms with Crippen LogP contribution in [0, 0.1) is 5.92 Å². The summed E-state index contributed by atoms with van der Waals surface area (Å²) in [4.78, 5) is 4.39. The highest BCUT2D eigenvalue weighted by Gasteiger charge is 2.04. The Bertz CT molecular complexity index is 391. The van der Waals surface area contributed by atoms with E-state index in [1.807, 2.05) is 25.1 Å². The molecule has 0 saturated carbocycles. The zero-order valence-corrected chi connectivity index (χ0v) is 12.0. The molecule has 1 rings (SSSR count). The number of hydrogen-bond acceptors (Lipinski definition) is 3. The molecule has 0 aliphatic heterocycles. The third-order valence-electron chi connectivity index (χ3n) is 2.30. The molecule has 0 aliphatic rings. The molecule has 100 valence electrons. The van der Waals surface area contributed by atoms with Crippen molar-refractivity contribution in [2.45, 2.75) is 27.3 Å². The van der Waals surface area contributed by atoms with Crippen LogP contribution >= 0.6 is 11.6 Å². The number of pyridine rings is 1. The molecule has 4 heteroatoms. The topological polar surface area (TPSA) is 34.1 Å². The average molecular weight is 269 g/mol. The first kappa shape index (κ1) is 15.0. The van der Waals surface area contributed by atoms with Crippen molar-refractivity contribution < 1.29 is 4.74 Å². The van der Waals surface area contributed by atoms with Crippen LogP contribution in [0.15, 0.2) is 24.3 Å². The third-order valence-corrected chi connectivity index (χ3v) is 2.65. The van der Waals surface area contributed by atoms with E-state index in [4.69, 9.17) is 16.3 Å². The minimum absolute atomic E-state index is 0.532. The van der Waals surface area contributed by atoms with E-state index >= 15 is 0 Å². The number of nitrogens with one attached hydrogen (secondary N) is 1. The fourth-order valence-electron chi connectivity index (χ4n) is 1.38. The number of hydrogen-bond donors (Lipinski definition) is 1. The van der Waals surface area contributed by atoms with Gasteiger partial charge < -0.3 is 10.1 Å². The monoisotopic (exact) mass is 268 g/mol. The van der Waals surface area contributed by atoms with Crippen molar-refractivity contribution in [1.29, 1.82) is 0 Å². The van der Waals surface area contributed by atoms with Crippen molar-refractivity contribution in [3.63, 3.8) is 0 Å². The molecule has 1 aromatic heterocycles. The number of nitrogens with zero attached hydrogens (tertiary/aromatic N) is 1. The number of rotatable bonds is 7. The van der Waals surface area contributed by atoms with Crippen molar-refractivity contribution in [3.8, 4) is 5.88 Å². The summed E-state index contributed by atoms with van der Waals surface area (Å²) in [6, 6.07) is 3.61. The molecule has 1 N–H and O–H groups in total. The van der Waals surface area contributed by atoms with Gasteiger partial charge in [-0.15, -0.1) is 0 Å². The maximum absolute atomic E-state index is 6.10. The van der Waals surface area contributed by atoms with Crippen LogP contribution in [0.25, 0.3) is 0 Å². The highest BCUT2D eigenvalue weighted by molar-refractivity contribution is 6.31. The van der Waals surface area contributed by atoms with E-state index in [2.05, 4.69) is 24.1 Å². The summed E-state index contributed by atoms with van der Waals surface area (Å²) >= 11 is 6.10. The second kappa shape index (κ2) is 8.11. The molecular formula is C14H21ClN2O. The van der Waals surface area contributed by atoms with Gasteiger partial charge in [-0.25, -0.2) is 4.98 Å². The maximum Gasteiger partial charge on any atom is 0.213 e. The first-order valence-electron chi connectivity index (χ1n) is 6.23. The van der Waals surface area contributed by atoms with Crippen LogP contribution in [0.3, 0.4) is 0 Å². The Balaban J connectivity index is 2.57. The van der Waals surface area contributed by atoms with Gasteiger partial charge in [0.1, 0.15) is 6.61 Å². The normalized spacial score (nSPS) is 11.4. The Morgan fingerprint density at radius 2 is 2.22 bits per heavy atom. The first-order valence-corrected chi connectivity index (χ1v) is 6.61. The molecule has 3 nitrogen and oxygen atoms in total. The molecule has 0 unspecified atom stereocenters. The van der Waals surface area contributed by atoms with Gasteiger partial charge in [-0.3, -0.25) is 0 Å². The Labute approximate surface area is 114 Å². The molecule has 0 spiro atoms. The molecular weight excluding hydrogens is 248 g/mol. The highest BCUT2D eigenvalue weighted by atomic mass is 35.5. The summed E-state index contributed by atoms with van der Waals surface area (Å²) in [6.45, 7) is 8.43. The zero-order chi connectivity index (χ0) is 13.4. The van der Waals surface area contributed by atoms with Crippen LogP contribution in [0.2, 0.25) is 5.02 Å². The van der Waals surface area contributed by atoms with E-state index < -0.39 is 0 Å². The zero-order valence-electron chi connectivity index (χ0n) is 11.2. The van der Waals surface area contributed by atoms with Gasteiger partial charge in [-0.2, -0.15) is 0 Å². The summed E-state index contributed by atoms with van der Waals surface area (Å²) in [5, 5.41) is 3.99. The summed E-state index contributed by atoms with van der Waals surface area (Å²) in [7, 11) is 0. The summed E-state index contributed by atoms with van der Waals surface area (Å²) < 4.78 is 5.49. The van der Waals surface area contributed by atoms with Gasteiger partial charge in [0, 0.05) is 12.6 Å². The first-order chi connectivity index (χ1) is 8.63. The van der Waals surface area contributed by atoms with E-state index in [9.17, 15) is 0 Å². The van der Waals surface area contributed by atoms with Crippen LogP contribution in [0.5, 0.6) is 5.88 Å². The lowest BCUT2D eigenvalue weighted by molar-refractivity contribution is 0.346. The molecule has 0 atom stereocenters. The molecule has 0 radical (unpaired) electrons. The van der Waals surface area contributed by atoms with Crippen LogP contribution < -0.4 is 10.1 Å². The van der Waals surface area contributed by atoms with E-state index in [0.717, 1.165) is 12.2 Å². The lowest BCUT2D eigenvalue weighted by Crippen LogP contribution is -2.20. The van der Waals surface area contributed by atoms with Crippen molar-refractivity contribution in [3.05, 3.63) is 35.0 Å². The van der Waals surface area contributed by atoms with Gasteiger partial charge in [-0.1, -0.05) is 37.6 Å². The lowest BCUT2D eigenvalue weighted by atomic mass is 10.2. The number of aromatic nitrogens is 1. The lowest BCUT2D eigenvalue weighted by Gasteiger charge is -2.10. The summed E-state index contributed by atoms with van der Waals surface area (Å²) in [5.41, 5.74) is 0.829. The molecule has 0 aliphatic carbocycles. The molecule has 18 heavy (non-hydrogen) atoms. The second-order valence-corrected chi connectivity index (χ2v) is 4.89. The molecule has 0 aromatic carbocycles. The van der Waals surface area contributed by atoms with Crippen LogP contribution in [0.1, 0.15) is 26.5 Å². The van der Waals surface area contributed by atoms with Gasteiger partial charge in [-0.05, 0) is 25.5 Å². The van der Waals surface area contributed by atoms with Crippen LogP contribution in [-0.2, 0) is 6.54 Å². The van der Waals surface area contributed by atoms with Crippen molar-refractivity contribution in [2.75, 3.05) is 13.2 Å². The van der Waals surface area contributed by atoms with Crippen LogP contribution in [-0.4, -0.2) is 18.1 Å². The summed E-state index contributed by atoms with van der Waals surface area (Å²) in [5.74, 6) is 1.22. The average Bonchev–Trinajstić information content (AvgIpc) is 2.33. The maximum atomic E-state index is 6.10. The predicted molar refractivity (Wildman–Crippen MR) is 76.1 cm³/mol. The molecule has 0 bridgehead atoms. The van der Waals surface area contributed by atoms with Crippen molar-refractivity contribution >= 4 is 11.6 Å². The minimum atomic E-state index is 0.532. The minimum Gasteiger partial charge on any atom is -0.473 e. The quantitative estimate of drug-likeness (QED) is 0.770. The van der Waals surface area contributed by atoms with Gasteiger partial charge in [0.15, 0.2) is 0 Å². The standard InChI is InChI=1S/C14H21ClN2O/c1-4-5-8-18-14-7-6-12(15)13(17-14)10-16-9-11(2)3/h4-7,11,16H,8-10H2,1-3H3/b5-4+. The Hall–Kier alpha value is -1.06. The molecule has 0 amide bonds. The van der Waals surface area contributed by atoms with Crippen molar-refractivity contribution in [1.82, 2.24) is 10.3 Å². The highest BCUT2D eigenvalue weighted by Crippen LogP contribution is 2.18. The van der Waals surface area contributed by atoms with Gasteiger partial charge in [0.05, 0.1) is 10.7 Å². The Morgan fingerprint density at radius 1 is 1.44 bits per heavy atom. The fourth-order valence-corrected chi connectivity index (χ4v) is 1.55. The number of allylic oxidation sites excluding steroid dienone is 1. The van der Waals surface area contributed by atoms with Crippen LogP contribution in [0.4, 0.5) is 0 Å². The largest absolute Gasteiger partial charge is 0.473 e. The van der Waals surface area contributed by atoms with Gasteiger partial charge in [0.2, 0.25) is 5.88 Å². The Kier molecular flexibility index (Phi) is 6.76. The second-order valence-electron chi connectivity index (χ2n) is 4.48. The van der Waals surface area contributed by atoms with E-state index in [1.54, 1.807) is 6.07 Å². The van der Waals surface area contributed by atoms with E-state index in [1.165, 1.54) is 0 Å². The predicted octanol–water partition coefficient (Wildman–Crippen LogP) is 3.44. The molecule has 0 saturated heterocycles. The fraction of sp³-hybridized carbons (Fsp3) is 0.500.